The van der Waals surface area contributed by atoms with Crippen molar-refractivity contribution in [2.24, 2.45) is 0 Å². The highest BCUT2D eigenvalue weighted by atomic mass is 28.2. The summed E-state index contributed by atoms with van der Waals surface area (Å²) in [6.45, 7) is 0.560. The van der Waals surface area contributed by atoms with E-state index in [2.05, 4.69) is 0 Å². The minimum absolute atomic E-state index is 0.0262. The quantitative estimate of drug-likeness (QED) is 0.267. The SMILES string of the molecule is COC(OC)[SiH2]CCCN1C(=O)CCC1=O. The molecule has 0 N–H and O–H groups in total. The van der Waals surface area contributed by atoms with Crippen molar-refractivity contribution >= 4 is 21.3 Å². The highest BCUT2D eigenvalue weighted by Crippen LogP contribution is 2.12. The van der Waals surface area contributed by atoms with Gasteiger partial charge in [0, 0.05) is 33.6 Å². The molecule has 1 rings (SSSR count). The fourth-order valence-corrected chi connectivity index (χ4v) is 3.10. The molecule has 0 unspecified atom stereocenters. The third-order valence-corrected chi connectivity index (χ3v) is 4.80. The number of likely N-dealkylation sites (tertiary alicyclic amines) is 1. The summed E-state index contributed by atoms with van der Waals surface area (Å²) in [5.74, 6) is -0.103. The second-order valence-corrected chi connectivity index (χ2v) is 5.79. The zero-order valence-corrected chi connectivity index (χ0v) is 11.3. The standard InChI is InChI=1S/C10H19NO4Si/c1-14-10(15-2)16-7-3-6-11-8(12)4-5-9(11)13/h10H,3-7,16H2,1-2H3. The number of ether oxygens (including phenoxy) is 2. The number of carbonyl (C=O) groups excluding carboxylic acids is 2. The number of amides is 2. The molecule has 0 aromatic carbocycles. The average molecular weight is 245 g/mol. The fourth-order valence-electron chi connectivity index (χ4n) is 1.79. The molecule has 6 heteroatoms. The predicted molar refractivity (Wildman–Crippen MR) is 61.7 cm³/mol. The monoisotopic (exact) mass is 245 g/mol. The van der Waals surface area contributed by atoms with Crippen molar-refractivity contribution in [1.29, 1.82) is 0 Å². The number of methoxy groups -OCH3 is 2. The van der Waals surface area contributed by atoms with E-state index in [0.717, 1.165) is 12.5 Å². The molecule has 1 heterocycles. The Labute approximate surface area is 97.9 Å². The highest BCUT2D eigenvalue weighted by molar-refractivity contribution is 6.36. The molecule has 1 saturated heterocycles. The summed E-state index contributed by atoms with van der Waals surface area (Å²) in [5, 5.41) is 0. The van der Waals surface area contributed by atoms with E-state index in [1.807, 2.05) is 0 Å². The molecular weight excluding hydrogens is 226 g/mol. The lowest BCUT2D eigenvalue weighted by Gasteiger charge is -2.15. The van der Waals surface area contributed by atoms with Crippen LogP contribution in [-0.4, -0.2) is 52.9 Å². The summed E-state index contributed by atoms with van der Waals surface area (Å²) in [6, 6.07) is 1.02. The Bertz CT molecular complexity index is 239. The van der Waals surface area contributed by atoms with Gasteiger partial charge in [0.05, 0.1) is 9.52 Å². The molecule has 0 radical (unpaired) electrons. The van der Waals surface area contributed by atoms with Gasteiger partial charge in [-0.3, -0.25) is 14.5 Å². The van der Waals surface area contributed by atoms with Crippen LogP contribution in [0, 0.1) is 0 Å². The van der Waals surface area contributed by atoms with Crippen LogP contribution in [0.5, 0.6) is 0 Å². The second kappa shape index (κ2) is 6.77. The normalized spacial score (nSPS) is 17.3. The van der Waals surface area contributed by atoms with Crippen LogP contribution in [0.15, 0.2) is 0 Å². The molecule has 92 valence electrons. The zero-order valence-electron chi connectivity index (χ0n) is 9.90. The predicted octanol–water partition coefficient (Wildman–Crippen LogP) is -0.311. The molecule has 0 spiro atoms. The van der Waals surface area contributed by atoms with Crippen molar-refractivity contribution in [1.82, 2.24) is 4.90 Å². The first-order valence-electron chi connectivity index (χ1n) is 5.57. The van der Waals surface area contributed by atoms with Crippen LogP contribution in [0.25, 0.3) is 0 Å². The Kier molecular flexibility index (Phi) is 5.65. The summed E-state index contributed by atoms with van der Waals surface area (Å²) in [4.78, 5) is 24.0. The maximum absolute atomic E-state index is 11.3. The molecule has 5 nitrogen and oxygen atoms in total. The molecule has 0 atom stereocenters. The molecular formula is C10H19NO4Si. The van der Waals surface area contributed by atoms with Crippen LogP contribution < -0.4 is 0 Å². The van der Waals surface area contributed by atoms with Crippen LogP contribution >= 0.6 is 0 Å². The summed E-state index contributed by atoms with van der Waals surface area (Å²) in [7, 11) is 2.83. The van der Waals surface area contributed by atoms with E-state index in [9.17, 15) is 9.59 Å². The minimum atomic E-state index is -0.440. The van der Waals surface area contributed by atoms with Gasteiger partial charge >= 0.3 is 0 Å². The van der Waals surface area contributed by atoms with E-state index >= 15 is 0 Å². The molecule has 1 aliphatic rings. The van der Waals surface area contributed by atoms with Crippen LogP contribution in [0.1, 0.15) is 19.3 Å². The number of hydrogen-bond acceptors (Lipinski definition) is 4. The first-order chi connectivity index (χ1) is 7.69. The topological polar surface area (TPSA) is 55.8 Å². The van der Waals surface area contributed by atoms with E-state index in [1.165, 1.54) is 4.90 Å². The number of hydrogen-bond donors (Lipinski definition) is 0. The summed E-state index contributed by atoms with van der Waals surface area (Å²) >= 11 is 0. The van der Waals surface area contributed by atoms with Gasteiger partial charge in [0.25, 0.3) is 0 Å². The van der Waals surface area contributed by atoms with Crippen molar-refractivity contribution < 1.29 is 19.1 Å². The molecule has 1 fully saturated rings. The number of carbonyl (C=O) groups is 2. The Balaban J connectivity index is 2.15. The molecule has 0 aromatic heterocycles. The van der Waals surface area contributed by atoms with Crippen molar-refractivity contribution in [3.05, 3.63) is 0 Å². The molecule has 0 aliphatic carbocycles. The summed E-state index contributed by atoms with van der Waals surface area (Å²) in [6.07, 6.45) is 1.64. The van der Waals surface area contributed by atoms with Crippen molar-refractivity contribution in [2.75, 3.05) is 20.8 Å². The second-order valence-electron chi connectivity index (χ2n) is 3.84. The van der Waals surface area contributed by atoms with Gasteiger partial charge < -0.3 is 9.47 Å². The molecule has 1 aliphatic heterocycles. The van der Waals surface area contributed by atoms with E-state index in [4.69, 9.17) is 9.47 Å². The van der Waals surface area contributed by atoms with Gasteiger partial charge in [-0.1, -0.05) is 6.04 Å². The number of rotatable bonds is 7. The van der Waals surface area contributed by atoms with E-state index in [1.54, 1.807) is 14.2 Å². The average Bonchev–Trinajstić information content (AvgIpc) is 2.60. The lowest BCUT2D eigenvalue weighted by molar-refractivity contribution is -0.138. The maximum atomic E-state index is 11.3. The molecule has 0 saturated carbocycles. The van der Waals surface area contributed by atoms with Crippen molar-refractivity contribution in [3.63, 3.8) is 0 Å². The highest BCUT2D eigenvalue weighted by Gasteiger charge is 2.27. The van der Waals surface area contributed by atoms with Crippen LogP contribution in [0.3, 0.4) is 0 Å². The third kappa shape index (κ3) is 3.69. The Morgan fingerprint density at radius 2 is 1.81 bits per heavy atom. The molecule has 0 bridgehead atoms. The third-order valence-electron chi connectivity index (χ3n) is 2.75. The molecule has 0 aromatic rings. The van der Waals surface area contributed by atoms with Gasteiger partial charge in [0.1, 0.15) is 5.91 Å². The Morgan fingerprint density at radius 3 is 2.31 bits per heavy atom. The summed E-state index contributed by atoms with van der Waals surface area (Å²) < 4.78 is 10.2. The van der Waals surface area contributed by atoms with E-state index in [0.29, 0.717) is 19.4 Å². The zero-order chi connectivity index (χ0) is 12.0. The van der Waals surface area contributed by atoms with E-state index < -0.39 is 9.52 Å². The van der Waals surface area contributed by atoms with Gasteiger partial charge in [-0.2, -0.15) is 0 Å². The number of imide groups is 1. The lowest BCUT2D eigenvalue weighted by Crippen LogP contribution is -2.30. The Hall–Kier alpha value is -0.723. The first-order valence-corrected chi connectivity index (χ1v) is 7.39. The van der Waals surface area contributed by atoms with E-state index in [-0.39, 0.29) is 17.7 Å². The van der Waals surface area contributed by atoms with Gasteiger partial charge in [-0.05, 0) is 6.42 Å². The first kappa shape index (κ1) is 13.3. The van der Waals surface area contributed by atoms with Gasteiger partial charge in [-0.15, -0.1) is 0 Å². The Morgan fingerprint density at radius 1 is 1.25 bits per heavy atom. The van der Waals surface area contributed by atoms with Crippen LogP contribution in [-0.2, 0) is 19.1 Å². The van der Waals surface area contributed by atoms with Gasteiger partial charge in [-0.25, -0.2) is 0 Å². The molecule has 16 heavy (non-hydrogen) atoms. The number of nitrogens with zero attached hydrogens (tertiary/aromatic N) is 1. The maximum Gasteiger partial charge on any atom is 0.229 e. The van der Waals surface area contributed by atoms with Crippen molar-refractivity contribution in [3.8, 4) is 0 Å². The smallest absolute Gasteiger partial charge is 0.229 e. The van der Waals surface area contributed by atoms with Crippen LogP contribution in [0.2, 0.25) is 6.04 Å². The largest absolute Gasteiger partial charge is 0.360 e. The minimum Gasteiger partial charge on any atom is -0.360 e. The van der Waals surface area contributed by atoms with Gasteiger partial charge in [0.15, 0.2) is 0 Å². The summed E-state index contributed by atoms with van der Waals surface area (Å²) in [5.41, 5.74) is 0. The van der Waals surface area contributed by atoms with Crippen molar-refractivity contribution in [2.45, 2.75) is 31.2 Å². The lowest BCUT2D eigenvalue weighted by atomic mass is 10.4. The van der Waals surface area contributed by atoms with Gasteiger partial charge in [0.2, 0.25) is 11.8 Å². The van der Waals surface area contributed by atoms with Crippen LogP contribution in [0.4, 0.5) is 0 Å². The fraction of sp³-hybridized carbons (Fsp3) is 0.800. The molecule has 2 amide bonds.